The minimum absolute atomic E-state index is 0.382. The van der Waals surface area contributed by atoms with Gasteiger partial charge in [-0.25, -0.2) is 0 Å². The van der Waals surface area contributed by atoms with Crippen LogP contribution in [0.2, 0.25) is 0 Å². The molecule has 0 spiro atoms. The van der Waals surface area contributed by atoms with Gasteiger partial charge in [-0.3, -0.25) is 4.79 Å². The number of aryl methyl sites for hydroxylation is 2. The topological polar surface area (TPSA) is 17.1 Å². The molecule has 1 aromatic heterocycles. The largest absolute Gasteiger partial charge is 0.293 e. The van der Waals surface area contributed by atoms with Crippen molar-refractivity contribution in [2.75, 3.05) is 0 Å². The second-order valence-electron chi connectivity index (χ2n) is 4.76. The maximum atomic E-state index is 11.9. The predicted molar refractivity (Wildman–Crippen MR) is 62.6 cm³/mol. The van der Waals surface area contributed by atoms with E-state index in [1.165, 1.54) is 42.5 Å². The molecular formula is C13H16OS. The smallest absolute Gasteiger partial charge is 0.175 e. The maximum absolute atomic E-state index is 11.9. The van der Waals surface area contributed by atoms with Gasteiger partial charge in [-0.1, -0.05) is 6.42 Å². The van der Waals surface area contributed by atoms with Crippen LogP contribution in [-0.2, 0) is 12.8 Å². The molecule has 3 rings (SSSR count). The van der Waals surface area contributed by atoms with Gasteiger partial charge in [0.1, 0.15) is 0 Å². The van der Waals surface area contributed by atoms with Crippen LogP contribution in [0.1, 0.15) is 52.2 Å². The van der Waals surface area contributed by atoms with Gasteiger partial charge in [0.05, 0.1) is 4.88 Å². The lowest BCUT2D eigenvalue weighted by atomic mass is 10.1. The third kappa shape index (κ3) is 1.87. The van der Waals surface area contributed by atoms with Crippen molar-refractivity contribution in [1.82, 2.24) is 0 Å². The fourth-order valence-electron chi connectivity index (χ4n) is 2.34. The Kier molecular flexibility index (Phi) is 2.39. The monoisotopic (exact) mass is 220 g/mol. The third-order valence-electron chi connectivity index (χ3n) is 3.44. The van der Waals surface area contributed by atoms with E-state index in [1.807, 2.05) is 0 Å². The normalized spacial score (nSPS) is 20.8. The van der Waals surface area contributed by atoms with Crippen molar-refractivity contribution in [3.63, 3.8) is 0 Å². The molecule has 15 heavy (non-hydrogen) atoms. The third-order valence-corrected chi connectivity index (χ3v) is 4.69. The predicted octanol–water partition coefficient (Wildman–Crippen LogP) is 3.61. The highest BCUT2D eigenvalue weighted by atomic mass is 32.1. The highest BCUT2D eigenvalue weighted by Gasteiger charge is 2.31. The Morgan fingerprint density at radius 2 is 2.00 bits per heavy atom. The van der Waals surface area contributed by atoms with Crippen molar-refractivity contribution < 1.29 is 4.79 Å². The second kappa shape index (κ2) is 3.75. The zero-order chi connectivity index (χ0) is 10.3. The van der Waals surface area contributed by atoms with Gasteiger partial charge in [-0.05, 0) is 50.2 Å². The Morgan fingerprint density at radius 1 is 1.20 bits per heavy atom. The van der Waals surface area contributed by atoms with Gasteiger partial charge in [-0.2, -0.15) is 0 Å². The molecule has 2 aliphatic rings. The fraction of sp³-hybridized carbons (Fsp3) is 0.615. The molecule has 0 aromatic carbocycles. The SMILES string of the molecule is O=C(c1cc2c(s1)CCCCC2)C1CC1. The number of fused-ring (bicyclic) bond motifs is 1. The zero-order valence-corrected chi connectivity index (χ0v) is 9.74. The molecule has 80 valence electrons. The first-order valence-electron chi connectivity index (χ1n) is 6.00. The van der Waals surface area contributed by atoms with Gasteiger partial charge < -0.3 is 0 Å². The highest BCUT2D eigenvalue weighted by molar-refractivity contribution is 7.14. The molecule has 0 bridgehead atoms. The molecule has 2 heteroatoms. The van der Waals surface area contributed by atoms with E-state index in [-0.39, 0.29) is 0 Å². The molecule has 0 radical (unpaired) electrons. The molecular weight excluding hydrogens is 204 g/mol. The summed E-state index contributed by atoms with van der Waals surface area (Å²) < 4.78 is 0. The van der Waals surface area contributed by atoms with E-state index < -0.39 is 0 Å². The molecule has 1 heterocycles. The first kappa shape index (κ1) is 9.59. The fourth-order valence-corrected chi connectivity index (χ4v) is 3.61. The van der Waals surface area contributed by atoms with E-state index >= 15 is 0 Å². The number of thiophene rings is 1. The Balaban J connectivity index is 1.87. The molecule has 1 fully saturated rings. The van der Waals surface area contributed by atoms with Crippen molar-refractivity contribution in [3.8, 4) is 0 Å². The minimum atomic E-state index is 0.382. The van der Waals surface area contributed by atoms with Crippen molar-refractivity contribution in [2.24, 2.45) is 5.92 Å². The number of hydrogen-bond donors (Lipinski definition) is 0. The molecule has 0 aliphatic heterocycles. The lowest BCUT2D eigenvalue weighted by molar-refractivity contribution is 0.0971. The summed E-state index contributed by atoms with van der Waals surface area (Å²) in [5.41, 5.74) is 1.47. The van der Waals surface area contributed by atoms with Gasteiger partial charge in [0.25, 0.3) is 0 Å². The second-order valence-corrected chi connectivity index (χ2v) is 5.89. The summed E-state index contributed by atoms with van der Waals surface area (Å²) in [6.45, 7) is 0. The van der Waals surface area contributed by atoms with Gasteiger partial charge >= 0.3 is 0 Å². The van der Waals surface area contributed by atoms with Crippen molar-refractivity contribution in [2.45, 2.75) is 44.9 Å². The van der Waals surface area contributed by atoms with E-state index in [2.05, 4.69) is 6.07 Å². The minimum Gasteiger partial charge on any atom is -0.293 e. The van der Waals surface area contributed by atoms with Crippen LogP contribution < -0.4 is 0 Å². The van der Waals surface area contributed by atoms with E-state index in [0.717, 1.165) is 17.7 Å². The Bertz CT molecular complexity index is 364. The molecule has 1 nitrogen and oxygen atoms in total. The standard InChI is InChI=1S/C13H16OS/c14-13(9-6-7-9)12-8-10-4-2-1-3-5-11(10)15-12/h8-9H,1-7H2. The van der Waals surface area contributed by atoms with Crippen LogP contribution in [0.5, 0.6) is 0 Å². The number of Topliss-reactive ketones (excluding diaryl/α,β-unsaturated/α-hetero) is 1. The summed E-state index contributed by atoms with van der Waals surface area (Å²) in [7, 11) is 0. The van der Waals surface area contributed by atoms with Crippen LogP contribution in [-0.4, -0.2) is 5.78 Å². The van der Waals surface area contributed by atoms with E-state index in [9.17, 15) is 4.79 Å². The molecule has 2 aliphatic carbocycles. The lowest BCUT2D eigenvalue weighted by Crippen LogP contribution is -1.97. The van der Waals surface area contributed by atoms with E-state index in [4.69, 9.17) is 0 Å². The first-order chi connectivity index (χ1) is 7.34. The van der Waals surface area contributed by atoms with E-state index in [0.29, 0.717) is 11.7 Å². The first-order valence-corrected chi connectivity index (χ1v) is 6.82. The van der Waals surface area contributed by atoms with Crippen LogP contribution >= 0.6 is 11.3 Å². The number of hydrogen-bond acceptors (Lipinski definition) is 2. The summed E-state index contributed by atoms with van der Waals surface area (Å²) >= 11 is 1.78. The van der Waals surface area contributed by atoms with Crippen molar-refractivity contribution in [1.29, 1.82) is 0 Å². The highest BCUT2D eigenvalue weighted by Crippen LogP contribution is 2.37. The van der Waals surface area contributed by atoms with Gasteiger partial charge in [0.2, 0.25) is 0 Å². The summed E-state index contributed by atoms with van der Waals surface area (Å²) in [6.07, 6.45) is 8.63. The average molecular weight is 220 g/mol. The Labute approximate surface area is 94.5 Å². The van der Waals surface area contributed by atoms with Crippen molar-refractivity contribution >= 4 is 17.1 Å². The number of rotatable bonds is 2. The molecule has 0 atom stereocenters. The maximum Gasteiger partial charge on any atom is 0.175 e. The molecule has 0 amide bonds. The molecule has 0 N–H and O–H groups in total. The van der Waals surface area contributed by atoms with Crippen LogP contribution in [0.3, 0.4) is 0 Å². The quantitative estimate of drug-likeness (QED) is 0.549. The summed E-state index contributed by atoms with van der Waals surface area (Å²) in [5, 5.41) is 0. The van der Waals surface area contributed by atoms with Crippen LogP contribution in [0.4, 0.5) is 0 Å². The van der Waals surface area contributed by atoms with Crippen LogP contribution in [0.25, 0.3) is 0 Å². The molecule has 1 saturated carbocycles. The van der Waals surface area contributed by atoms with Crippen LogP contribution in [0, 0.1) is 5.92 Å². The lowest BCUT2D eigenvalue weighted by Gasteiger charge is -1.93. The number of ketones is 1. The summed E-state index contributed by atoms with van der Waals surface area (Å²) in [4.78, 5) is 14.5. The molecule has 0 saturated heterocycles. The van der Waals surface area contributed by atoms with Gasteiger partial charge in [0, 0.05) is 10.8 Å². The summed E-state index contributed by atoms with van der Waals surface area (Å²) in [6, 6.07) is 2.19. The number of carbonyl (C=O) groups excluding carboxylic acids is 1. The van der Waals surface area contributed by atoms with E-state index in [1.54, 1.807) is 11.3 Å². The summed E-state index contributed by atoms with van der Waals surface area (Å²) in [5.74, 6) is 0.806. The Morgan fingerprint density at radius 3 is 2.80 bits per heavy atom. The Hall–Kier alpha value is -0.630. The zero-order valence-electron chi connectivity index (χ0n) is 8.92. The van der Waals surface area contributed by atoms with Gasteiger partial charge in [-0.15, -0.1) is 11.3 Å². The van der Waals surface area contributed by atoms with Crippen LogP contribution in [0.15, 0.2) is 6.07 Å². The molecule has 0 unspecified atom stereocenters. The van der Waals surface area contributed by atoms with Gasteiger partial charge in [0.15, 0.2) is 5.78 Å². The molecule has 1 aromatic rings. The number of carbonyl (C=O) groups is 1. The van der Waals surface area contributed by atoms with Crippen molar-refractivity contribution in [3.05, 3.63) is 21.4 Å². The average Bonchev–Trinajstić information content (AvgIpc) is 3.03.